The van der Waals surface area contributed by atoms with Gasteiger partial charge < -0.3 is 14.5 Å². The summed E-state index contributed by atoms with van der Waals surface area (Å²) in [7, 11) is 1.63. The molecule has 202 valence electrons. The molecule has 0 radical (unpaired) electrons. The Morgan fingerprint density at radius 2 is 1.93 bits per heavy atom. The molecule has 3 aromatic carbocycles. The number of hydrogen-bond acceptors (Lipinski definition) is 6. The Morgan fingerprint density at radius 3 is 2.73 bits per heavy atom. The number of furan rings is 1. The average Bonchev–Trinajstić information content (AvgIpc) is 3.50. The molecule has 5 aromatic rings. The third-order valence-corrected chi connectivity index (χ3v) is 7.60. The number of aliphatic imine (C=N–C) groups is 1. The zero-order valence-corrected chi connectivity index (χ0v) is 24.2. The van der Waals surface area contributed by atoms with E-state index in [-0.39, 0.29) is 12.3 Å². The Bertz CT molecular complexity index is 1760. The van der Waals surface area contributed by atoms with Crippen molar-refractivity contribution in [2.24, 2.45) is 4.99 Å². The summed E-state index contributed by atoms with van der Waals surface area (Å²) in [5.41, 5.74) is 4.13. The molecule has 0 saturated carbocycles. The van der Waals surface area contributed by atoms with Crippen LogP contribution >= 0.6 is 27.5 Å². The van der Waals surface area contributed by atoms with Gasteiger partial charge in [0.25, 0.3) is 0 Å². The average molecular weight is 619 g/mol. The number of carbonyl (C=O) groups excluding carboxylic acids is 1. The van der Waals surface area contributed by atoms with Crippen molar-refractivity contribution < 1.29 is 13.9 Å². The minimum Gasteiger partial charge on any atom is -0.497 e. The quantitative estimate of drug-likeness (QED) is 0.228. The molecule has 1 amide bonds. The van der Waals surface area contributed by atoms with Crippen LogP contribution in [-0.4, -0.2) is 40.0 Å². The standard InChI is InChI=1S/C30H25BrClN5O3/c1-17-35-36-30-25(16-28(38)33-12-11-23-14-19-13-20(31)5-10-27(19)40-23)34-29(18-3-6-21(32)7-4-18)24-15-22(39-2)8-9-26(24)37(17)30/h3-10,13-15,25H,11-12,16H2,1-2H3,(H,33,38)/t25-/m0/s1. The van der Waals surface area contributed by atoms with E-state index in [4.69, 9.17) is 25.7 Å². The number of hydrogen-bond donors (Lipinski definition) is 1. The van der Waals surface area contributed by atoms with Crippen LogP contribution < -0.4 is 10.1 Å². The van der Waals surface area contributed by atoms with Crippen LogP contribution in [0.15, 0.2) is 80.6 Å². The molecule has 1 atom stereocenters. The summed E-state index contributed by atoms with van der Waals surface area (Å²) >= 11 is 9.67. The second kappa shape index (κ2) is 10.9. The van der Waals surface area contributed by atoms with Crippen molar-refractivity contribution in [1.29, 1.82) is 0 Å². The molecule has 0 unspecified atom stereocenters. The van der Waals surface area contributed by atoms with E-state index < -0.39 is 6.04 Å². The number of nitrogens with zero attached hydrogens (tertiary/aromatic N) is 4. The Balaban J connectivity index is 1.29. The second-order valence-corrected chi connectivity index (χ2v) is 10.9. The summed E-state index contributed by atoms with van der Waals surface area (Å²) in [6, 6.07) is 20.6. The number of benzene rings is 3. The molecule has 8 nitrogen and oxygen atoms in total. The largest absolute Gasteiger partial charge is 0.497 e. The Hall–Kier alpha value is -3.95. The first-order valence-corrected chi connectivity index (χ1v) is 14.0. The highest BCUT2D eigenvalue weighted by atomic mass is 79.9. The summed E-state index contributed by atoms with van der Waals surface area (Å²) in [6.07, 6.45) is 0.677. The Labute approximate surface area is 244 Å². The number of amides is 1. The number of carbonyl (C=O) groups is 1. The van der Waals surface area contributed by atoms with Gasteiger partial charge in [-0.25, -0.2) is 0 Å². The van der Waals surface area contributed by atoms with E-state index in [1.807, 2.05) is 78.2 Å². The van der Waals surface area contributed by atoms with Crippen LogP contribution in [0.2, 0.25) is 5.02 Å². The first kappa shape index (κ1) is 26.3. The van der Waals surface area contributed by atoms with Crippen LogP contribution in [0.5, 0.6) is 5.75 Å². The van der Waals surface area contributed by atoms with Gasteiger partial charge in [-0.1, -0.05) is 39.7 Å². The van der Waals surface area contributed by atoms with Crippen molar-refractivity contribution in [1.82, 2.24) is 20.1 Å². The molecule has 1 N–H and O–H groups in total. The highest BCUT2D eigenvalue weighted by Gasteiger charge is 2.30. The fourth-order valence-corrected chi connectivity index (χ4v) is 5.45. The number of methoxy groups -OCH3 is 1. The number of fused-ring (bicyclic) bond motifs is 4. The molecule has 1 aliphatic heterocycles. The maximum Gasteiger partial charge on any atom is 0.222 e. The van der Waals surface area contributed by atoms with E-state index >= 15 is 0 Å². The van der Waals surface area contributed by atoms with Crippen LogP contribution in [0.3, 0.4) is 0 Å². The fraction of sp³-hybridized carbons (Fsp3) is 0.200. The molecule has 3 heterocycles. The third-order valence-electron chi connectivity index (χ3n) is 6.85. The smallest absolute Gasteiger partial charge is 0.222 e. The van der Waals surface area contributed by atoms with Crippen molar-refractivity contribution in [3.8, 4) is 11.4 Å². The molecule has 6 rings (SSSR count). The summed E-state index contributed by atoms with van der Waals surface area (Å²) < 4.78 is 14.4. The lowest BCUT2D eigenvalue weighted by Gasteiger charge is -2.14. The van der Waals surface area contributed by atoms with Crippen LogP contribution in [0.4, 0.5) is 0 Å². The molecule has 0 bridgehead atoms. The predicted molar refractivity (Wildman–Crippen MR) is 158 cm³/mol. The summed E-state index contributed by atoms with van der Waals surface area (Å²) in [6.45, 7) is 2.32. The molecule has 0 saturated heterocycles. The second-order valence-electron chi connectivity index (χ2n) is 9.52. The summed E-state index contributed by atoms with van der Waals surface area (Å²) in [4.78, 5) is 18.3. The lowest BCUT2D eigenvalue weighted by Crippen LogP contribution is -2.27. The van der Waals surface area contributed by atoms with Gasteiger partial charge in [0.05, 0.1) is 24.9 Å². The topological polar surface area (TPSA) is 94.5 Å². The molecule has 2 aromatic heterocycles. The van der Waals surface area contributed by atoms with Gasteiger partial charge >= 0.3 is 0 Å². The maximum atomic E-state index is 13.2. The highest BCUT2D eigenvalue weighted by Crippen LogP contribution is 2.34. The zero-order chi connectivity index (χ0) is 27.8. The van der Waals surface area contributed by atoms with Gasteiger partial charge in [-0.3, -0.25) is 14.4 Å². The molecule has 1 aliphatic rings. The maximum absolute atomic E-state index is 13.2. The Morgan fingerprint density at radius 1 is 1.10 bits per heavy atom. The van der Waals surface area contributed by atoms with Gasteiger partial charge in [-0.05, 0) is 61.5 Å². The van der Waals surface area contributed by atoms with Crippen LogP contribution in [0.25, 0.3) is 16.7 Å². The van der Waals surface area contributed by atoms with E-state index in [0.29, 0.717) is 35.4 Å². The highest BCUT2D eigenvalue weighted by molar-refractivity contribution is 9.10. The van der Waals surface area contributed by atoms with Crippen molar-refractivity contribution in [3.63, 3.8) is 0 Å². The van der Waals surface area contributed by atoms with Crippen molar-refractivity contribution in [2.75, 3.05) is 13.7 Å². The molecule has 0 aliphatic carbocycles. The number of nitrogens with one attached hydrogen (secondary N) is 1. The van der Waals surface area contributed by atoms with Gasteiger partial charge in [0.15, 0.2) is 5.82 Å². The van der Waals surface area contributed by atoms with E-state index in [1.54, 1.807) is 7.11 Å². The van der Waals surface area contributed by atoms with E-state index in [1.165, 1.54) is 0 Å². The monoisotopic (exact) mass is 617 g/mol. The summed E-state index contributed by atoms with van der Waals surface area (Å²) in [5.74, 6) is 2.67. The van der Waals surface area contributed by atoms with Gasteiger partial charge in [0.2, 0.25) is 5.91 Å². The van der Waals surface area contributed by atoms with Crippen LogP contribution in [0, 0.1) is 6.92 Å². The predicted octanol–water partition coefficient (Wildman–Crippen LogP) is 6.39. The van der Waals surface area contributed by atoms with Gasteiger partial charge in [0, 0.05) is 39.0 Å². The van der Waals surface area contributed by atoms with Crippen LogP contribution in [0.1, 0.15) is 41.0 Å². The molecule has 10 heteroatoms. The van der Waals surface area contributed by atoms with E-state index in [2.05, 4.69) is 31.4 Å². The molecule has 0 spiro atoms. The first-order valence-electron chi connectivity index (χ1n) is 12.8. The molecule has 0 fully saturated rings. The number of aromatic nitrogens is 3. The number of halogens is 2. The number of ether oxygens (including phenoxy) is 1. The first-order chi connectivity index (χ1) is 19.4. The van der Waals surface area contributed by atoms with Gasteiger partial charge in [-0.2, -0.15) is 0 Å². The van der Waals surface area contributed by atoms with Gasteiger partial charge in [-0.15, -0.1) is 10.2 Å². The lowest BCUT2D eigenvalue weighted by molar-refractivity contribution is -0.121. The minimum atomic E-state index is -0.561. The van der Waals surface area contributed by atoms with Gasteiger partial charge in [0.1, 0.15) is 29.0 Å². The van der Waals surface area contributed by atoms with Crippen LogP contribution in [-0.2, 0) is 11.2 Å². The van der Waals surface area contributed by atoms with Crippen molar-refractivity contribution in [2.45, 2.75) is 25.8 Å². The molecular formula is C30H25BrClN5O3. The van der Waals surface area contributed by atoms with Crippen molar-refractivity contribution in [3.05, 3.63) is 105 Å². The Kier molecular flexibility index (Phi) is 7.16. The number of aryl methyl sites for hydroxylation is 1. The van der Waals surface area contributed by atoms with Crippen molar-refractivity contribution >= 4 is 50.1 Å². The zero-order valence-electron chi connectivity index (χ0n) is 21.8. The third kappa shape index (κ3) is 5.14. The minimum absolute atomic E-state index is 0.105. The normalized spacial score (nSPS) is 14.3. The lowest BCUT2D eigenvalue weighted by atomic mass is 10.00. The molecule has 40 heavy (non-hydrogen) atoms. The summed E-state index contributed by atoms with van der Waals surface area (Å²) in [5, 5.41) is 13.4. The van der Waals surface area contributed by atoms with E-state index in [0.717, 1.165) is 43.7 Å². The fourth-order valence-electron chi connectivity index (χ4n) is 4.94. The molecular weight excluding hydrogens is 594 g/mol. The SMILES string of the molecule is COc1ccc2c(c1)C(c1ccc(Cl)cc1)=N[C@@H](CC(=O)NCCc1cc3cc(Br)ccc3o1)c1nnc(C)n1-2. The number of rotatable bonds is 7. The van der Waals surface area contributed by atoms with E-state index in [9.17, 15) is 4.79 Å².